The highest BCUT2D eigenvalue weighted by Gasteiger charge is 2.21. The van der Waals surface area contributed by atoms with Crippen LogP contribution in [0, 0.1) is 11.6 Å². The van der Waals surface area contributed by atoms with E-state index in [4.69, 9.17) is 4.42 Å². The first-order valence-electron chi connectivity index (χ1n) is 8.14. The van der Waals surface area contributed by atoms with Crippen LogP contribution in [-0.4, -0.2) is 20.2 Å². The Morgan fingerprint density at radius 1 is 1.07 bits per heavy atom. The molecule has 0 fully saturated rings. The van der Waals surface area contributed by atoms with Gasteiger partial charge in [0.05, 0.1) is 11.6 Å². The fraction of sp³-hybridized carbons (Fsp3) is 0.294. The normalized spacial score (nSPS) is 12.4. The van der Waals surface area contributed by atoms with Crippen molar-refractivity contribution in [3.8, 4) is 11.5 Å². The molecule has 3 aromatic rings. The lowest BCUT2D eigenvalue weighted by Crippen LogP contribution is -2.16. The summed E-state index contributed by atoms with van der Waals surface area (Å²) in [7, 11) is 0. The lowest BCUT2D eigenvalue weighted by molar-refractivity contribution is 0.116. The van der Waals surface area contributed by atoms with Crippen LogP contribution in [0.2, 0.25) is 0 Å². The molecule has 3 rings (SSSR count). The molecule has 2 aromatic heterocycles. The zero-order valence-corrected chi connectivity index (χ0v) is 14.2. The van der Waals surface area contributed by atoms with Crippen LogP contribution in [0.4, 0.5) is 23.5 Å². The van der Waals surface area contributed by atoms with E-state index in [2.05, 4.69) is 25.5 Å². The molecule has 0 aliphatic heterocycles. The van der Waals surface area contributed by atoms with Gasteiger partial charge in [0.15, 0.2) is 0 Å². The number of hydrogen-bond donors (Lipinski definition) is 1. The maximum absolute atomic E-state index is 14.1. The third-order valence-electron chi connectivity index (χ3n) is 3.75. The number of aromatic nitrogens is 4. The highest BCUT2D eigenvalue weighted by Crippen LogP contribution is 2.28. The molecule has 1 atom stereocenters. The largest absolute Gasteiger partial charge is 0.415 e. The predicted octanol–water partition coefficient (Wildman–Crippen LogP) is 4.70. The molecular formula is C17H15F4N5O. The smallest absolute Gasteiger partial charge is 0.314 e. The van der Waals surface area contributed by atoms with E-state index < -0.39 is 30.0 Å². The molecule has 1 aromatic carbocycles. The molecule has 0 amide bonds. The van der Waals surface area contributed by atoms with Gasteiger partial charge in [0.1, 0.15) is 11.6 Å². The molecule has 1 N–H and O–H groups in total. The monoisotopic (exact) mass is 381 g/mol. The summed E-state index contributed by atoms with van der Waals surface area (Å²) in [6.07, 6.45) is 0.822. The average molecular weight is 381 g/mol. The minimum Gasteiger partial charge on any atom is -0.415 e. The lowest BCUT2D eigenvalue weighted by Gasteiger charge is -2.19. The van der Waals surface area contributed by atoms with Crippen molar-refractivity contribution >= 4 is 5.95 Å². The number of nitrogens with zero attached hydrogens (tertiary/aromatic N) is 4. The van der Waals surface area contributed by atoms with Gasteiger partial charge < -0.3 is 9.73 Å². The lowest BCUT2D eigenvalue weighted by atomic mass is 10.0. The van der Waals surface area contributed by atoms with Gasteiger partial charge in [-0.1, -0.05) is 19.4 Å². The van der Waals surface area contributed by atoms with Gasteiger partial charge in [-0.25, -0.2) is 18.7 Å². The fourth-order valence-corrected chi connectivity index (χ4v) is 2.53. The third-order valence-corrected chi connectivity index (χ3v) is 3.75. The molecule has 0 aliphatic rings. The first kappa shape index (κ1) is 18.7. The van der Waals surface area contributed by atoms with Crippen LogP contribution in [0.25, 0.3) is 11.5 Å². The fourth-order valence-electron chi connectivity index (χ4n) is 2.53. The molecule has 0 radical (unpaired) electrons. The molecule has 6 nitrogen and oxygen atoms in total. The molecule has 0 saturated heterocycles. The Morgan fingerprint density at radius 3 is 2.30 bits per heavy atom. The molecule has 27 heavy (non-hydrogen) atoms. The van der Waals surface area contributed by atoms with Gasteiger partial charge in [-0.15, -0.1) is 10.2 Å². The molecule has 0 spiro atoms. The number of alkyl halides is 2. The van der Waals surface area contributed by atoms with E-state index in [9.17, 15) is 17.6 Å². The number of benzene rings is 1. The Labute approximate surface area is 151 Å². The number of halogens is 4. The third kappa shape index (κ3) is 4.21. The second kappa shape index (κ2) is 8.11. The molecule has 142 valence electrons. The molecular weight excluding hydrogens is 366 g/mol. The molecule has 0 bridgehead atoms. The summed E-state index contributed by atoms with van der Waals surface area (Å²) >= 11 is 0. The molecule has 0 aliphatic carbocycles. The van der Waals surface area contributed by atoms with Crippen molar-refractivity contribution in [3.05, 3.63) is 53.7 Å². The maximum atomic E-state index is 14.1. The summed E-state index contributed by atoms with van der Waals surface area (Å²) in [6, 6.07) is 2.99. The van der Waals surface area contributed by atoms with Crippen molar-refractivity contribution in [2.45, 2.75) is 32.2 Å². The van der Waals surface area contributed by atoms with E-state index in [-0.39, 0.29) is 23.0 Å². The van der Waals surface area contributed by atoms with E-state index in [1.54, 1.807) is 0 Å². The summed E-state index contributed by atoms with van der Waals surface area (Å²) in [6.45, 7) is 1.88. The average Bonchev–Trinajstić information content (AvgIpc) is 3.13. The summed E-state index contributed by atoms with van der Waals surface area (Å²) in [5.74, 6) is -2.16. The van der Waals surface area contributed by atoms with Crippen LogP contribution in [0.5, 0.6) is 0 Å². The quantitative estimate of drug-likeness (QED) is 0.598. The number of nitrogens with one attached hydrogen (secondary N) is 1. The van der Waals surface area contributed by atoms with Crippen molar-refractivity contribution in [3.63, 3.8) is 0 Å². The van der Waals surface area contributed by atoms with Gasteiger partial charge in [0.2, 0.25) is 5.95 Å². The minimum atomic E-state index is -2.88. The topological polar surface area (TPSA) is 76.7 Å². The van der Waals surface area contributed by atoms with E-state index in [0.717, 1.165) is 0 Å². The Bertz CT molecular complexity index is 880. The van der Waals surface area contributed by atoms with E-state index in [1.165, 1.54) is 30.6 Å². The Balaban J connectivity index is 1.81. The minimum absolute atomic E-state index is 0.0921. The van der Waals surface area contributed by atoms with Crippen molar-refractivity contribution in [2.75, 3.05) is 5.32 Å². The molecule has 0 saturated carbocycles. The maximum Gasteiger partial charge on any atom is 0.314 e. The molecule has 1 unspecified atom stereocenters. The second-order valence-corrected chi connectivity index (χ2v) is 5.66. The summed E-state index contributed by atoms with van der Waals surface area (Å²) in [5, 5.41) is 9.62. The van der Waals surface area contributed by atoms with Crippen LogP contribution in [-0.2, 0) is 0 Å². The number of anilines is 1. The van der Waals surface area contributed by atoms with Crippen molar-refractivity contribution in [1.82, 2.24) is 20.2 Å². The van der Waals surface area contributed by atoms with Crippen LogP contribution in [0.3, 0.4) is 0 Å². The van der Waals surface area contributed by atoms with Gasteiger partial charge in [0.25, 0.3) is 11.8 Å². The first-order chi connectivity index (χ1) is 13.0. The Morgan fingerprint density at radius 2 is 1.74 bits per heavy atom. The van der Waals surface area contributed by atoms with Crippen LogP contribution < -0.4 is 5.32 Å². The van der Waals surface area contributed by atoms with Crippen LogP contribution >= 0.6 is 0 Å². The highest BCUT2D eigenvalue weighted by molar-refractivity contribution is 5.50. The van der Waals surface area contributed by atoms with Gasteiger partial charge in [-0.05, 0) is 18.6 Å². The standard InChI is InChI=1S/C17H15F4N5O/c1-2-4-12(13-10(18)5-3-6-11(13)19)24-17-22-7-9(8-23-17)15-25-26-16(27-15)14(20)21/h3,5-8,12,14H,2,4H2,1H3,(H,22,23,24). The SMILES string of the molecule is CCCC(Nc1ncc(-c2nnc(C(F)F)o2)cn1)c1c(F)cccc1F. The van der Waals surface area contributed by atoms with Crippen molar-refractivity contribution in [2.24, 2.45) is 0 Å². The zero-order chi connectivity index (χ0) is 19.4. The van der Waals surface area contributed by atoms with Gasteiger partial charge in [0, 0.05) is 18.0 Å². The summed E-state index contributed by atoms with van der Waals surface area (Å²) in [4.78, 5) is 8.07. The zero-order valence-electron chi connectivity index (χ0n) is 14.2. The van der Waals surface area contributed by atoms with Gasteiger partial charge >= 0.3 is 6.43 Å². The number of rotatable bonds is 7. The second-order valence-electron chi connectivity index (χ2n) is 5.66. The van der Waals surface area contributed by atoms with Crippen LogP contribution in [0.15, 0.2) is 35.0 Å². The van der Waals surface area contributed by atoms with E-state index in [0.29, 0.717) is 12.8 Å². The summed E-state index contributed by atoms with van der Waals surface area (Å²) in [5.41, 5.74) is 0.148. The molecule has 2 heterocycles. The van der Waals surface area contributed by atoms with Crippen LogP contribution in [0.1, 0.15) is 43.7 Å². The van der Waals surface area contributed by atoms with Gasteiger partial charge in [-0.2, -0.15) is 8.78 Å². The summed E-state index contributed by atoms with van der Waals surface area (Å²) < 4.78 is 58.0. The van der Waals surface area contributed by atoms with Crippen molar-refractivity contribution in [1.29, 1.82) is 0 Å². The Kier molecular flexibility index (Phi) is 5.63. The first-order valence-corrected chi connectivity index (χ1v) is 8.14. The highest BCUT2D eigenvalue weighted by atomic mass is 19.3. The Hall–Kier alpha value is -3.04. The molecule has 10 heteroatoms. The number of hydrogen-bond acceptors (Lipinski definition) is 6. The van der Waals surface area contributed by atoms with Crippen molar-refractivity contribution < 1.29 is 22.0 Å². The predicted molar refractivity (Wildman–Crippen MR) is 87.9 cm³/mol. The van der Waals surface area contributed by atoms with Gasteiger partial charge in [-0.3, -0.25) is 0 Å². The van der Waals surface area contributed by atoms with E-state index in [1.807, 2.05) is 6.92 Å². The van der Waals surface area contributed by atoms with E-state index >= 15 is 0 Å².